The lowest BCUT2D eigenvalue weighted by Gasteiger charge is -2.11. The molecule has 0 aliphatic carbocycles. The summed E-state index contributed by atoms with van der Waals surface area (Å²) in [6.45, 7) is 0.926. The third-order valence-electron chi connectivity index (χ3n) is 2.95. The van der Waals surface area contributed by atoms with Crippen LogP contribution in [0.2, 0.25) is 0 Å². The third-order valence-corrected chi connectivity index (χ3v) is 2.95. The summed E-state index contributed by atoms with van der Waals surface area (Å²) < 4.78 is 0. The van der Waals surface area contributed by atoms with Crippen LogP contribution in [0.3, 0.4) is 0 Å². The molecule has 2 aromatic rings. The van der Waals surface area contributed by atoms with Crippen LogP contribution in [0.4, 0.5) is 0 Å². The van der Waals surface area contributed by atoms with E-state index in [-0.39, 0.29) is 5.91 Å². The molecule has 0 aliphatic rings. The summed E-state index contributed by atoms with van der Waals surface area (Å²) in [5.41, 5.74) is 1.41. The lowest BCUT2D eigenvalue weighted by molar-refractivity contribution is 0.0954. The molecule has 0 saturated carbocycles. The van der Waals surface area contributed by atoms with Gasteiger partial charge in [0.2, 0.25) is 6.29 Å². The molecule has 1 amide bonds. The summed E-state index contributed by atoms with van der Waals surface area (Å²) in [6, 6.07) is 8.56. The van der Waals surface area contributed by atoms with Gasteiger partial charge in [0.05, 0.1) is 18.1 Å². The van der Waals surface area contributed by atoms with Crippen molar-refractivity contribution in [1.29, 1.82) is 0 Å². The predicted octanol–water partition coefficient (Wildman–Crippen LogP) is 0.450. The highest BCUT2D eigenvalue weighted by Gasteiger charge is 2.10. The maximum absolute atomic E-state index is 11.8. The number of H-pyrrole nitrogens is 1. The van der Waals surface area contributed by atoms with Crippen molar-refractivity contribution in [2.45, 2.75) is 12.5 Å². The van der Waals surface area contributed by atoms with Gasteiger partial charge in [0.15, 0.2) is 0 Å². The van der Waals surface area contributed by atoms with E-state index in [0.717, 1.165) is 5.69 Å². The van der Waals surface area contributed by atoms with Crippen LogP contribution in [0.5, 0.6) is 0 Å². The Balaban J connectivity index is 1.68. The summed E-state index contributed by atoms with van der Waals surface area (Å²) in [4.78, 5) is 29.5. The molecule has 0 aliphatic heterocycles. The average Bonchev–Trinajstić information content (AvgIpc) is 3.04. The lowest BCUT2D eigenvalue weighted by atomic mass is 10.2. The second-order valence-corrected chi connectivity index (χ2v) is 4.51. The number of benzene rings is 1. The fourth-order valence-corrected chi connectivity index (χ4v) is 1.88. The fourth-order valence-electron chi connectivity index (χ4n) is 1.88. The lowest BCUT2D eigenvalue weighted by Crippen LogP contribution is -2.39. The van der Waals surface area contributed by atoms with E-state index >= 15 is 0 Å². The van der Waals surface area contributed by atoms with E-state index in [9.17, 15) is 9.59 Å². The number of aromatic nitrogens is 2. The average molecular weight is 285 g/mol. The number of amides is 1. The molecule has 6 heteroatoms. The van der Waals surface area contributed by atoms with Crippen LogP contribution in [0.1, 0.15) is 16.1 Å². The molecule has 3 N–H and O–H groups in total. The minimum atomic E-state index is -0.429. The van der Waals surface area contributed by atoms with Crippen LogP contribution in [-0.2, 0) is 11.2 Å². The highest BCUT2D eigenvalue weighted by molar-refractivity contribution is 5.94. The smallest absolute Gasteiger partial charge is 0.251 e. The molecule has 0 fully saturated rings. The predicted molar refractivity (Wildman–Crippen MR) is 78.6 cm³/mol. The SMILES string of the molecule is O=[C][C@H](Cc1c[nH]cn1)NCCNC(=O)c1ccccc1. The number of imidazole rings is 1. The zero-order valence-electron chi connectivity index (χ0n) is 11.5. The number of rotatable bonds is 8. The Hall–Kier alpha value is -2.47. The molecule has 0 unspecified atom stereocenters. The molecule has 0 saturated heterocycles. The number of hydrogen-bond acceptors (Lipinski definition) is 4. The van der Waals surface area contributed by atoms with Gasteiger partial charge in [0, 0.05) is 31.3 Å². The van der Waals surface area contributed by atoms with Crippen LogP contribution in [0.15, 0.2) is 42.9 Å². The van der Waals surface area contributed by atoms with Gasteiger partial charge in [-0.05, 0) is 12.1 Å². The molecule has 0 spiro atoms. The standard InChI is InChI=1S/C15H17N4O2/c20-10-14(8-13-9-16-11-19-13)17-6-7-18-15(21)12-4-2-1-3-5-12/h1-5,9,11,14,17H,6-8H2,(H,16,19)(H,18,21)/t14-/m0/s1. The number of carbonyl (C=O) groups excluding carboxylic acids is 2. The quantitative estimate of drug-likeness (QED) is 0.615. The van der Waals surface area contributed by atoms with E-state index in [1.807, 2.05) is 24.5 Å². The molecule has 2 rings (SSSR count). The van der Waals surface area contributed by atoms with E-state index in [2.05, 4.69) is 20.6 Å². The zero-order chi connectivity index (χ0) is 14.9. The number of aromatic amines is 1. The van der Waals surface area contributed by atoms with Crippen molar-refractivity contribution in [2.24, 2.45) is 0 Å². The monoisotopic (exact) mass is 285 g/mol. The Labute approximate surface area is 123 Å². The van der Waals surface area contributed by atoms with Crippen LogP contribution < -0.4 is 10.6 Å². The van der Waals surface area contributed by atoms with Crippen LogP contribution in [0, 0.1) is 0 Å². The van der Waals surface area contributed by atoms with Crippen molar-refractivity contribution in [3.8, 4) is 0 Å². The highest BCUT2D eigenvalue weighted by Crippen LogP contribution is 1.98. The minimum absolute atomic E-state index is 0.128. The molecule has 109 valence electrons. The van der Waals surface area contributed by atoms with Crippen molar-refractivity contribution in [2.75, 3.05) is 13.1 Å². The van der Waals surface area contributed by atoms with Gasteiger partial charge in [-0.3, -0.25) is 9.59 Å². The van der Waals surface area contributed by atoms with Gasteiger partial charge in [0.25, 0.3) is 5.91 Å². The van der Waals surface area contributed by atoms with E-state index in [0.29, 0.717) is 25.1 Å². The number of hydrogen-bond donors (Lipinski definition) is 3. The molecule has 6 nitrogen and oxygen atoms in total. The van der Waals surface area contributed by atoms with Crippen LogP contribution in [-0.4, -0.2) is 41.3 Å². The Morgan fingerprint density at radius 3 is 2.76 bits per heavy atom. The zero-order valence-corrected chi connectivity index (χ0v) is 11.5. The number of carbonyl (C=O) groups is 1. The van der Waals surface area contributed by atoms with E-state index < -0.39 is 6.04 Å². The summed E-state index contributed by atoms with van der Waals surface area (Å²) in [5.74, 6) is -0.128. The van der Waals surface area contributed by atoms with Crippen LogP contribution in [0.25, 0.3) is 0 Å². The molecular formula is C15H17N4O2. The Morgan fingerprint density at radius 1 is 1.29 bits per heavy atom. The van der Waals surface area contributed by atoms with Crippen LogP contribution >= 0.6 is 0 Å². The summed E-state index contributed by atoms with van der Waals surface area (Å²) in [5, 5.41) is 5.81. The van der Waals surface area contributed by atoms with Gasteiger partial charge in [-0.15, -0.1) is 0 Å². The fraction of sp³-hybridized carbons (Fsp3) is 0.267. The van der Waals surface area contributed by atoms with Gasteiger partial charge in [-0.2, -0.15) is 0 Å². The van der Waals surface area contributed by atoms with Crippen molar-refractivity contribution >= 4 is 12.2 Å². The Bertz CT molecular complexity index is 554. The number of nitrogens with zero attached hydrogens (tertiary/aromatic N) is 1. The minimum Gasteiger partial charge on any atom is -0.351 e. The molecule has 0 bridgehead atoms. The van der Waals surface area contributed by atoms with Crippen molar-refractivity contribution in [1.82, 2.24) is 20.6 Å². The normalized spacial score (nSPS) is 11.8. The topological polar surface area (TPSA) is 86.9 Å². The Kier molecular flexibility index (Phi) is 5.66. The molecule has 1 heterocycles. The number of nitrogens with one attached hydrogen (secondary N) is 3. The Morgan fingerprint density at radius 2 is 2.10 bits per heavy atom. The molecule has 1 radical (unpaired) electrons. The first-order valence-electron chi connectivity index (χ1n) is 6.71. The summed E-state index contributed by atoms with van der Waals surface area (Å²) in [7, 11) is 0. The largest absolute Gasteiger partial charge is 0.351 e. The molecule has 1 aromatic heterocycles. The van der Waals surface area contributed by atoms with E-state index in [1.165, 1.54) is 0 Å². The molecular weight excluding hydrogens is 268 g/mol. The van der Waals surface area contributed by atoms with E-state index in [1.54, 1.807) is 24.7 Å². The summed E-state index contributed by atoms with van der Waals surface area (Å²) in [6.07, 6.45) is 5.71. The second-order valence-electron chi connectivity index (χ2n) is 4.51. The van der Waals surface area contributed by atoms with Crippen molar-refractivity contribution in [3.05, 3.63) is 54.1 Å². The van der Waals surface area contributed by atoms with Gasteiger partial charge < -0.3 is 15.6 Å². The molecule has 1 atom stereocenters. The molecule has 1 aromatic carbocycles. The first-order valence-corrected chi connectivity index (χ1v) is 6.71. The van der Waals surface area contributed by atoms with Gasteiger partial charge >= 0.3 is 0 Å². The first kappa shape index (κ1) is 14.9. The first-order chi connectivity index (χ1) is 10.3. The van der Waals surface area contributed by atoms with Crippen molar-refractivity contribution < 1.29 is 9.59 Å². The van der Waals surface area contributed by atoms with Crippen molar-refractivity contribution in [3.63, 3.8) is 0 Å². The molecule has 21 heavy (non-hydrogen) atoms. The van der Waals surface area contributed by atoms with Gasteiger partial charge in [-0.25, -0.2) is 4.98 Å². The second kappa shape index (κ2) is 7.96. The van der Waals surface area contributed by atoms with E-state index in [4.69, 9.17) is 0 Å². The van der Waals surface area contributed by atoms with Gasteiger partial charge in [-0.1, -0.05) is 18.2 Å². The third kappa shape index (κ3) is 4.85. The summed E-state index contributed by atoms with van der Waals surface area (Å²) >= 11 is 0. The highest BCUT2D eigenvalue weighted by atomic mass is 16.1. The van der Waals surface area contributed by atoms with Gasteiger partial charge in [0.1, 0.15) is 0 Å². The maximum Gasteiger partial charge on any atom is 0.251 e. The maximum atomic E-state index is 11.8.